The van der Waals surface area contributed by atoms with Gasteiger partial charge in [-0.1, -0.05) is 23.8 Å². The second-order valence-electron chi connectivity index (χ2n) is 5.12. The second kappa shape index (κ2) is 4.26. The highest BCUT2D eigenvalue weighted by molar-refractivity contribution is 7.71. The topological polar surface area (TPSA) is 55.6 Å². The van der Waals surface area contributed by atoms with E-state index in [-0.39, 0.29) is 5.56 Å². The Bertz CT molecular complexity index is 1020. The SMILES string of the molecule is Cc1cccc(C2=CCn3c(=S)[nH]c(=O)c4cnn2c43)c1. The third-order valence-electron chi connectivity index (χ3n) is 3.72. The van der Waals surface area contributed by atoms with Crippen LogP contribution in [0, 0.1) is 11.7 Å². The summed E-state index contributed by atoms with van der Waals surface area (Å²) in [7, 11) is 0. The predicted molar refractivity (Wildman–Crippen MR) is 83.7 cm³/mol. The van der Waals surface area contributed by atoms with E-state index in [0.717, 1.165) is 16.9 Å². The molecule has 0 radical (unpaired) electrons. The lowest BCUT2D eigenvalue weighted by molar-refractivity contribution is 0.738. The summed E-state index contributed by atoms with van der Waals surface area (Å²) in [5.41, 5.74) is 3.81. The van der Waals surface area contributed by atoms with Crippen LogP contribution in [0.15, 0.2) is 41.3 Å². The fourth-order valence-electron chi connectivity index (χ4n) is 2.74. The minimum atomic E-state index is -0.192. The summed E-state index contributed by atoms with van der Waals surface area (Å²) in [6.07, 6.45) is 3.66. The van der Waals surface area contributed by atoms with Gasteiger partial charge in [-0.15, -0.1) is 0 Å². The molecule has 0 aliphatic carbocycles. The summed E-state index contributed by atoms with van der Waals surface area (Å²) in [5.74, 6) is 0. The molecule has 4 rings (SSSR count). The Morgan fingerprint density at radius 2 is 2.24 bits per heavy atom. The van der Waals surface area contributed by atoms with Crippen LogP contribution in [0.2, 0.25) is 0 Å². The largest absolute Gasteiger partial charge is 0.298 e. The fraction of sp³-hybridized carbons (Fsp3) is 0.133. The maximum atomic E-state index is 12.0. The number of hydrogen-bond donors (Lipinski definition) is 1. The Morgan fingerprint density at radius 3 is 3.05 bits per heavy atom. The van der Waals surface area contributed by atoms with Crippen molar-refractivity contribution in [3.63, 3.8) is 0 Å². The first-order chi connectivity index (χ1) is 10.1. The van der Waals surface area contributed by atoms with E-state index in [9.17, 15) is 4.79 Å². The van der Waals surface area contributed by atoms with Gasteiger partial charge in [-0.3, -0.25) is 14.3 Å². The van der Waals surface area contributed by atoms with Crippen molar-refractivity contribution in [2.75, 3.05) is 0 Å². The Morgan fingerprint density at radius 1 is 1.38 bits per heavy atom. The zero-order chi connectivity index (χ0) is 14.6. The van der Waals surface area contributed by atoms with Gasteiger partial charge in [0.25, 0.3) is 5.56 Å². The van der Waals surface area contributed by atoms with Crippen LogP contribution in [-0.2, 0) is 6.54 Å². The van der Waals surface area contributed by atoms with Crippen molar-refractivity contribution in [3.05, 3.63) is 62.8 Å². The Kier molecular flexibility index (Phi) is 2.49. The first-order valence-corrected chi connectivity index (χ1v) is 7.04. The number of hydrogen-bond acceptors (Lipinski definition) is 3. The van der Waals surface area contributed by atoms with E-state index in [1.54, 1.807) is 10.9 Å². The molecule has 21 heavy (non-hydrogen) atoms. The van der Waals surface area contributed by atoms with Crippen molar-refractivity contribution in [1.29, 1.82) is 0 Å². The Balaban J connectivity index is 2.05. The van der Waals surface area contributed by atoms with Crippen molar-refractivity contribution in [2.24, 2.45) is 0 Å². The number of aromatic nitrogens is 4. The van der Waals surface area contributed by atoms with E-state index >= 15 is 0 Å². The van der Waals surface area contributed by atoms with E-state index in [0.29, 0.717) is 16.7 Å². The van der Waals surface area contributed by atoms with E-state index in [4.69, 9.17) is 12.2 Å². The molecule has 3 aromatic rings. The minimum Gasteiger partial charge on any atom is -0.298 e. The van der Waals surface area contributed by atoms with Crippen molar-refractivity contribution in [3.8, 4) is 0 Å². The van der Waals surface area contributed by atoms with Gasteiger partial charge in [0.15, 0.2) is 10.4 Å². The molecule has 5 nitrogen and oxygen atoms in total. The zero-order valence-corrected chi connectivity index (χ0v) is 12.1. The molecule has 0 fully saturated rings. The molecule has 104 valence electrons. The van der Waals surface area contributed by atoms with Crippen LogP contribution in [0.25, 0.3) is 16.7 Å². The number of nitrogens with one attached hydrogen (secondary N) is 1. The highest BCUT2D eigenvalue weighted by atomic mass is 32.1. The van der Waals surface area contributed by atoms with Crippen molar-refractivity contribution in [2.45, 2.75) is 13.5 Å². The standard InChI is InChI=1S/C15H12N4OS/c1-9-3-2-4-10(7-9)12-5-6-18-14-11(8-16-19(12)14)13(20)17-15(18)21/h2-5,7-8H,6H2,1H3,(H,17,20,21). The number of aromatic amines is 1. The predicted octanol–water partition coefficient (Wildman–Crippen LogP) is 2.47. The zero-order valence-electron chi connectivity index (χ0n) is 11.3. The van der Waals surface area contributed by atoms with E-state index in [1.807, 2.05) is 16.7 Å². The lowest BCUT2D eigenvalue weighted by Crippen LogP contribution is -2.19. The average Bonchev–Trinajstić information content (AvgIpc) is 2.90. The molecule has 0 unspecified atom stereocenters. The normalized spacial score (nSPS) is 13.5. The molecule has 0 bridgehead atoms. The molecule has 0 saturated carbocycles. The van der Waals surface area contributed by atoms with Gasteiger partial charge in [0.2, 0.25) is 0 Å². The highest BCUT2D eigenvalue weighted by Gasteiger charge is 2.19. The lowest BCUT2D eigenvalue weighted by Gasteiger charge is -2.18. The lowest BCUT2D eigenvalue weighted by atomic mass is 10.1. The number of allylic oxidation sites excluding steroid dienone is 1. The van der Waals surface area contributed by atoms with Crippen LogP contribution in [0.3, 0.4) is 0 Å². The molecule has 1 aliphatic rings. The third-order valence-corrected chi connectivity index (χ3v) is 4.04. The van der Waals surface area contributed by atoms with Gasteiger partial charge in [0, 0.05) is 12.1 Å². The number of benzene rings is 1. The molecule has 1 N–H and O–H groups in total. The third kappa shape index (κ3) is 1.72. The van der Waals surface area contributed by atoms with Gasteiger partial charge in [-0.25, -0.2) is 4.68 Å². The summed E-state index contributed by atoms with van der Waals surface area (Å²) < 4.78 is 4.10. The van der Waals surface area contributed by atoms with Crippen LogP contribution < -0.4 is 5.56 Å². The molecule has 0 amide bonds. The molecular formula is C15H12N4OS. The molecule has 3 heterocycles. The minimum absolute atomic E-state index is 0.192. The van der Waals surface area contributed by atoms with Crippen LogP contribution in [-0.4, -0.2) is 19.3 Å². The summed E-state index contributed by atoms with van der Waals surface area (Å²) in [6.45, 7) is 2.68. The molecule has 0 saturated heterocycles. The molecule has 0 spiro atoms. The summed E-state index contributed by atoms with van der Waals surface area (Å²) in [5, 5.41) is 4.93. The first kappa shape index (κ1) is 12.3. The van der Waals surface area contributed by atoms with E-state index in [1.165, 1.54) is 5.56 Å². The maximum absolute atomic E-state index is 12.0. The van der Waals surface area contributed by atoms with Gasteiger partial charge in [-0.2, -0.15) is 5.10 Å². The van der Waals surface area contributed by atoms with E-state index in [2.05, 4.69) is 35.2 Å². The Labute approximate surface area is 125 Å². The highest BCUT2D eigenvalue weighted by Crippen LogP contribution is 2.25. The van der Waals surface area contributed by atoms with E-state index < -0.39 is 0 Å². The van der Waals surface area contributed by atoms with Gasteiger partial charge in [0.05, 0.1) is 11.9 Å². The number of H-pyrrole nitrogens is 1. The fourth-order valence-corrected chi connectivity index (χ4v) is 3.00. The first-order valence-electron chi connectivity index (χ1n) is 6.63. The van der Waals surface area contributed by atoms with Gasteiger partial charge >= 0.3 is 0 Å². The van der Waals surface area contributed by atoms with Crippen molar-refractivity contribution >= 4 is 28.9 Å². The van der Waals surface area contributed by atoms with Crippen molar-refractivity contribution in [1.82, 2.24) is 19.3 Å². The molecule has 1 aliphatic heterocycles. The van der Waals surface area contributed by atoms with Crippen molar-refractivity contribution < 1.29 is 0 Å². The maximum Gasteiger partial charge on any atom is 0.262 e. The monoisotopic (exact) mass is 296 g/mol. The molecule has 0 atom stereocenters. The molecule has 6 heteroatoms. The Hall–Kier alpha value is -2.47. The summed E-state index contributed by atoms with van der Waals surface area (Å²) in [6, 6.07) is 8.23. The molecular weight excluding hydrogens is 284 g/mol. The number of aryl methyl sites for hydroxylation is 1. The summed E-state index contributed by atoms with van der Waals surface area (Å²) in [4.78, 5) is 14.7. The second-order valence-corrected chi connectivity index (χ2v) is 5.51. The van der Waals surface area contributed by atoms with Gasteiger partial charge in [-0.05, 0) is 31.3 Å². The summed E-state index contributed by atoms with van der Waals surface area (Å²) >= 11 is 5.24. The molecule has 1 aromatic carbocycles. The average molecular weight is 296 g/mol. The van der Waals surface area contributed by atoms with Crippen LogP contribution >= 0.6 is 12.2 Å². The smallest absolute Gasteiger partial charge is 0.262 e. The number of nitrogens with zero attached hydrogens (tertiary/aromatic N) is 3. The van der Waals surface area contributed by atoms with Crippen LogP contribution in [0.1, 0.15) is 11.1 Å². The van der Waals surface area contributed by atoms with Gasteiger partial charge in [0.1, 0.15) is 5.39 Å². The van der Waals surface area contributed by atoms with Gasteiger partial charge < -0.3 is 0 Å². The van der Waals surface area contributed by atoms with Crippen LogP contribution in [0.4, 0.5) is 0 Å². The number of rotatable bonds is 1. The molecule has 2 aromatic heterocycles. The van der Waals surface area contributed by atoms with Crippen LogP contribution in [0.5, 0.6) is 0 Å². The quantitative estimate of drug-likeness (QED) is 0.702.